The monoisotopic (exact) mass is 518 g/mol. The van der Waals surface area contributed by atoms with E-state index in [-0.39, 0.29) is 0 Å². The minimum Gasteiger partial charge on any atom is -0.360 e. The normalized spacial score (nSPS) is 12.4. The standard InChI is InChI=1S/C23H24BrClN4OS/c1-31(2,3)10-9-30-15-29-14-27-22(23(29)16-5-4-6-18(25)11-16)20-8-7-19-21(28-20)12-17(24)13-26-19/h4-8,11-14H,9-10,15H2,1-3H3. The Balaban J connectivity index is 1.73. The van der Waals surface area contributed by atoms with Crippen molar-refractivity contribution in [2.24, 2.45) is 0 Å². The van der Waals surface area contributed by atoms with Gasteiger partial charge in [-0.1, -0.05) is 23.7 Å². The molecule has 162 valence electrons. The molecule has 0 aliphatic heterocycles. The number of hydrogen-bond donors (Lipinski definition) is 0. The van der Waals surface area contributed by atoms with Gasteiger partial charge < -0.3 is 9.30 Å². The van der Waals surface area contributed by atoms with Gasteiger partial charge in [-0.3, -0.25) is 4.98 Å². The summed E-state index contributed by atoms with van der Waals surface area (Å²) in [6, 6.07) is 13.7. The van der Waals surface area contributed by atoms with Gasteiger partial charge in [-0.05, 0) is 65.0 Å². The Bertz CT molecular complexity index is 1220. The summed E-state index contributed by atoms with van der Waals surface area (Å²) >= 11 is 9.77. The minimum absolute atomic E-state index is 0.422. The first-order valence-electron chi connectivity index (χ1n) is 9.78. The summed E-state index contributed by atoms with van der Waals surface area (Å²) in [4.78, 5) is 13.9. The molecule has 0 saturated carbocycles. The SMILES string of the molecule is CS(C)(C)CCOCn1cnc(-c2ccc3ncc(Br)cc3n2)c1-c1cccc(Cl)c1. The average molecular weight is 520 g/mol. The molecule has 5 nitrogen and oxygen atoms in total. The van der Waals surface area contributed by atoms with E-state index in [4.69, 9.17) is 26.3 Å². The van der Waals surface area contributed by atoms with Crippen molar-refractivity contribution in [3.05, 3.63) is 64.5 Å². The summed E-state index contributed by atoms with van der Waals surface area (Å²) in [5, 5.41) is 0.674. The molecule has 0 spiro atoms. The van der Waals surface area contributed by atoms with Crippen LogP contribution >= 0.6 is 37.6 Å². The van der Waals surface area contributed by atoms with Crippen LogP contribution in [-0.2, 0) is 11.5 Å². The third-order valence-electron chi connectivity index (χ3n) is 4.75. The lowest BCUT2D eigenvalue weighted by atomic mass is 10.1. The molecule has 31 heavy (non-hydrogen) atoms. The van der Waals surface area contributed by atoms with E-state index in [0.717, 1.165) is 50.5 Å². The van der Waals surface area contributed by atoms with Crippen molar-refractivity contribution in [2.45, 2.75) is 6.73 Å². The number of ether oxygens (including phenoxy) is 1. The van der Waals surface area contributed by atoms with Gasteiger partial charge in [0.1, 0.15) is 12.4 Å². The molecule has 1 aromatic carbocycles. The molecule has 8 heteroatoms. The number of nitrogens with zero attached hydrogens (tertiary/aromatic N) is 4. The topological polar surface area (TPSA) is 52.8 Å². The van der Waals surface area contributed by atoms with Crippen LogP contribution < -0.4 is 0 Å². The second kappa shape index (κ2) is 9.28. The van der Waals surface area contributed by atoms with Gasteiger partial charge >= 0.3 is 0 Å². The van der Waals surface area contributed by atoms with Crippen LogP contribution in [0.3, 0.4) is 0 Å². The van der Waals surface area contributed by atoms with E-state index in [0.29, 0.717) is 11.8 Å². The van der Waals surface area contributed by atoms with Gasteiger partial charge in [-0.25, -0.2) is 20.0 Å². The fraction of sp³-hybridized carbons (Fsp3) is 0.261. The molecule has 0 aliphatic carbocycles. The van der Waals surface area contributed by atoms with Crippen molar-refractivity contribution in [3.8, 4) is 22.6 Å². The molecule has 3 heterocycles. The highest BCUT2D eigenvalue weighted by Crippen LogP contribution is 2.34. The van der Waals surface area contributed by atoms with Crippen molar-refractivity contribution >= 4 is 48.6 Å². The molecule has 3 aromatic heterocycles. The Hall–Kier alpha value is -1.93. The third kappa shape index (κ3) is 5.47. The summed E-state index contributed by atoms with van der Waals surface area (Å²) in [7, 11) is -0.596. The molecule has 4 rings (SSSR count). The molecule has 0 N–H and O–H groups in total. The van der Waals surface area contributed by atoms with Crippen LogP contribution in [-0.4, -0.2) is 50.6 Å². The Morgan fingerprint density at radius 2 is 1.90 bits per heavy atom. The van der Waals surface area contributed by atoms with Gasteiger partial charge in [-0.15, -0.1) is 0 Å². The smallest absolute Gasteiger partial charge is 0.124 e. The molecule has 0 saturated heterocycles. The van der Waals surface area contributed by atoms with Gasteiger partial charge in [0, 0.05) is 27.0 Å². The first-order valence-corrected chi connectivity index (χ1v) is 14.0. The van der Waals surface area contributed by atoms with Crippen molar-refractivity contribution in [2.75, 3.05) is 31.1 Å². The van der Waals surface area contributed by atoms with E-state index in [1.54, 1.807) is 12.5 Å². The summed E-state index contributed by atoms with van der Waals surface area (Å²) < 4.78 is 8.90. The maximum atomic E-state index is 6.30. The van der Waals surface area contributed by atoms with Crippen molar-refractivity contribution in [3.63, 3.8) is 0 Å². The van der Waals surface area contributed by atoms with Gasteiger partial charge in [0.2, 0.25) is 0 Å². The van der Waals surface area contributed by atoms with Crippen molar-refractivity contribution < 1.29 is 4.74 Å². The number of rotatable bonds is 7. The highest BCUT2D eigenvalue weighted by atomic mass is 79.9. The van der Waals surface area contributed by atoms with Crippen LogP contribution in [0, 0.1) is 0 Å². The summed E-state index contributed by atoms with van der Waals surface area (Å²) in [5.74, 6) is 1.06. The Labute approximate surface area is 197 Å². The van der Waals surface area contributed by atoms with E-state index in [9.17, 15) is 0 Å². The Morgan fingerprint density at radius 3 is 2.68 bits per heavy atom. The van der Waals surface area contributed by atoms with E-state index in [1.807, 2.05) is 47.0 Å². The van der Waals surface area contributed by atoms with Gasteiger partial charge in [0.25, 0.3) is 0 Å². The van der Waals surface area contributed by atoms with Gasteiger partial charge in [0.15, 0.2) is 0 Å². The van der Waals surface area contributed by atoms with Crippen LogP contribution in [0.2, 0.25) is 5.02 Å². The number of hydrogen-bond acceptors (Lipinski definition) is 4. The number of aromatic nitrogens is 4. The highest BCUT2D eigenvalue weighted by Gasteiger charge is 2.17. The third-order valence-corrected chi connectivity index (χ3v) is 6.81. The maximum Gasteiger partial charge on any atom is 0.124 e. The van der Waals surface area contributed by atoms with E-state index in [2.05, 4.69) is 39.7 Å². The Kier molecular flexibility index (Phi) is 6.67. The fourth-order valence-corrected chi connectivity index (χ4v) is 4.32. The van der Waals surface area contributed by atoms with Crippen LogP contribution in [0.25, 0.3) is 33.7 Å². The molecular weight excluding hydrogens is 496 g/mol. The molecule has 0 radical (unpaired) electrons. The molecule has 4 aromatic rings. The number of halogens is 2. The first-order chi connectivity index (χ1) is 14.8. The van der Waals surface area contributed by atoms with Crippen molar-refractivity contribution in [1.29, 1.82) is 0 Å². The minimum atomic E-state index is -0.596. The summed E-state index contributed by atoms with van der Waals surface area (Å²) in [5.41, 5.74) is 5.11. The number of fused-ring (bicyclic) bond motifs is 1. The van der Waals surface area contributed by atoms with Crippen LogP contribution in [0.1, 0.15) is 0 Å². The lowest BCUT2D eigenvalue weighted by molar-refractivity contribution is 0.0907. The van der Waals surface area contributed by atoms with Crippen molar-refractivity contribution in [1.82, 2.24) is 19.5 Å². The zero-order valence-corrected chi connectivity index (χ0v) is 20.8. The van der Waals surface area contributed by atoms with E-state index in [1.165, 1.54) is 0 Å². The van der Waals surface area contributed by atoms with Crippen LogP contribution in [0.15, 0.2) is 59.5 Å². The predicted molar refractivity (Wildman–Crippen MR) is 135 cm³/mol. The van der Waals surface area contributed by atoms with Crippen LogP contribution in [0.4, 0.5) is 0 Å². The number of imidazole rings is 1. The van der Waals surface area contributed by atoms with Gasteiger partial charge in [-0.2, -0.15) is 0 Å². The Morgan fingerprint density at radius 1 is 1.06 bits per heavy atom. The average Bonchev–Trinajstić information content (AvgIpc) is 3.14. The van der Waals surface area contributed by atoms with E-state index < -0.39 is 10.0 Å². The van der Waals surface area contributed by atoms with E-state index >= 15 is 0 Å². The maximum absolute atomic E-state index is 6.30. The molecule has 0 atom stereocenters. The predicted octanol–water partition coefficient (Wildman–Crippen LogP) is 6.24. The molecule has 0 bridgehead atoms. The summed E-state index contributed by atoms with van der Waals surface area (Å²) in [6.45, 7) is 1.14. The molecule has 0 fully saturated rings. The number of pyridine rings is 2. The number of benzene rings is 1. The lowest BCUT2D eigenvalue weighted by Gasteiger charge is -2.24. The van der Waals surface area contributed by atoms with Gasteiger partial charge in [0.05, 0.1) is 35.4 Å². The first kappa shape index (κ1) is 22.3. The summed E-state index contributed by atoms with van der Waals surface area (Å²) in [6.07, 6.45) is 10.5. The second-order valence-electron chi connectivity index (χ2n) is 8.14. The van der Waals surface area contributed by atoms with Crippen LogP contribution in [0.5, 0.6) is 0 Å². The quantitative estimate of drug-likeness (QED) is 0.271. The molecular formula is C23H24BrClN4OS. The zero-order chi connectivity index (χ0) is 22.0. The molecule has 0 amide bonds. The lowest BCUT2D eigenvalue weighted by Crippen LogP contribution is -2.10. The molecule has 0 unspecified atom stereocenters. The zero-order valence-electron chi connectivity index (χ0n) is 17.7. The highest BCUT2D eigenvalue weighted by molar-refractivity contribution is 9.10. The second-order valence-corrected chi connectivity index (χ2v) is 14.1. The largest absolute Gasteiger partial charge is 0.360 e. The molecule has 0 aliphatic rings. The fourth-order valence-electron chi connectivity index (χ4n) is 3.19.